The van der Waals surface area contributed by atoms with Crippen molar-refractivity contribution in [3.05, 3.63) is 23.9 Å². The van der Waals surface area contributed by atoms with E-state index in [-0.39, 0.29) is 30.2 Å². The first kappa shape index (κ1) is 19.3. The zero-order chi connectivity index (χ0) is 14.2. The first-order chi connectivity index (χ1) is 9.49. The quantitative estimate of drug-likeness (QED) is 0.833. The lowest BCUT2D eigenvalue weighted by Gasteiger charge is -2.33. The van der Waals surface area contributed by atoms with Crippen molar-refractivity contribution in [3.8, 4) is 0 Å². The maximum Gasteiger partial charge on any atom is 0.416 e. The van der Waals surface area contributed by atoms with Gasteiger partial charge in [0.2, 0.25) is 0 Å². The van der Waals surface area contributed by atoms with Gasteiger partial charge in [-0.15, -0.1) is 24.8 Å². The fourth-order valence-corrected chi connectivity index (χ4v) is 3.26. The molecule has 0 radical (unpaired) electrons. The van der Waals surface area contributed by atoms with Gasteiger partial charge in [-0.25, -0.2) is 4.98 Å². The number of anilines is 1. The third kappa shape index (κ3) is 3.97. The second-order valence-electron chi connectivity index (χ2n) is 5.82. The van der Waals surface area contributed by atoms with Gasteiger partial charge in [0.05, 0.1) is 5.56 Å². The van der Waals surface area contributed by atoms with Crippen LogP contribution in [0.15, 0.2) is 18.3 Å². The summed E-state index contributed by atoms with van der Waals surface area (Å²) in [6, 6.07) is 2.19. The second-order valence-corrected chi connectivity index (χ2v) is 5.82. The highest BCUT2D eigenvalue weighted by atomic mass is 35.5. The maximum atomic E-state index is 12.7. The predicted octanol–water partition coefficient (Wildman–Crippen LogP) is 3.52. The zero-order valence-electron chi connectivity index (χ0n) is 12.0. The maximum absolute atomic E-state index is 12.7. The van der Waals surface area contributed by atoms with Gasteiger partial charge in [-0.05, 0) is 49.9 Å². The molecular weight excluding hydrogens is 338 g/mol. The summed E-state index contributed by atoms with van der Waals surface area (Å²) in [7, 11) is 0. The third-order valence-electron chi connectivity index (χ3n) is 4.50. The lowest BCUT2D eigenvalue weighted by molar-refractivity contribution is -0.137. The minimum Gasteiger partial charge on any atom is -0.356 e. The fraction of sp³-hybridized carbons (Fsp3) is 0.643. The standard InChI is InChI=1S/C14H18F3N3.2ClH/c15-14(16,17)11-1-5-19-12(9-11)20-8-4-13(10-20)2-6-18-7-3-13;;/h1,5,9,18H,2-4,6-8,10H2;2*1H. The molecule has 1 spiro atoms. The highest BCUT2D eigenvalue weighted by Crippen LogP contribution is 2.40. The van der Waals surface area contributed by atoms with E-state index in [1.165, 1.54) is 12.3 Å². The van der Waals surface area contributed by atoms with Crippen molar-refractivity contribution in [2.24, 2.45) is 5.41 Å². The molecule has 2 saturated heterocycles. The van der Waals surface area contributed by atoms with E-state index in [2.05, 4.69) is 10.3 Å². The van der Waals surface area contributed by atoms with Crippen LogP contribution in [-0.2, 0) is 6.18 Å². The Morgan fingerprint density at radius 1 is 1.14 bits per heavy atom. The van der Waals surface area contributed by atoms with Crippen LogP contribution >= 0.6 is 24.8 Å². The minimum atomic E-state index is -4.30. The average molecular weight is 358 g/mol. The number of piperidine rings is 1. The van der Waals surface area contributed by atoms with Crippen molar-refractivity contribution in [2.75, 3.05) is 31.1 Å². The van der Waals surface area contributed by atoms with Crippen molar-refractivity contribution in [1.29, 1.82) is 0 Å². The second kappa shape index (κ2) is 7.23. The topological polar surface area (TPSA) is 28.2 Å². The van der Waals surface area contributed by atoms with Crippen LogP contribution in [0.3, 0.4) is 0 Å². The summed E-state index contributed by atoms with van der Waals surface area (Å²) in [6.07, 6.45) is 0.201. The van der Waals surface area contributed by atoms with Crippen molar-refractivity contribution < 1.29 is 13.2 Å². The van der Waals surface area contributed by atoms with E-state index in [0.717, 1.165) is 51.5 Å². The Morgan fingerprint density at radius 2 is 1.82 bits per heavy atom. The highest BCUT2D eigenvalue weighted by Gasteiger charge is 2.40. The number of pyridine rings is 1. The number of rotatable bonds is 1. The van der Waals surface area contributed by atoms with Crippen LogP contribution < -0.4 is 10.2 Å². The molecule has 0 aromatic carbocycles. The Balaban J connectivity index is 0.00000121. The molecule has 3 heterocycles. The van der Waals surface area contributed by atoms with Gasteiger partial charge >= 0.3 is 6.18 Å². The molecule has 0 saturated carbocycles. The first-order valence-electron chi connectivity index (χ1n) is 6.98. The Morgan fingerprint density at radius 3 is 2.45 bits per heavy atom. The van der Waals surface area contributed by atoms with Crippen LogP contribution in [-0.4, -0.2) is 31.2 Å². The highest BCUT2D eigenvalue weighted by molar-refractivity contribution is 5.85. The van der Waals surface area contributed by atoms with Crippen molar-refractivity contribution in [3.63, 3.8) is 0 Å². The summed E-state index contributed by atoms with van der Waals surface area (Å²) in [6.45, 7) is 3.63. The third-order valence-corrected chi connectivity index (χ3v) is 4.50. The molecule has 8 heteroatoms. The largest absolute Gasteiger partial charge is 0.416 e. The molecule has 0 unspecified atom stereocenters. The summed E-state index contributed by atoms with van der Waals surface area (Å²) in [5.74, 6) is 0.454. The summed E-state index contributed by atoms with van der Waals surface area (Å²) in [5.41, 5.74) is -0.352. The van der Waals surface area contributed by atoms with E-state index in [4.69, 9.17) is 0 Å². The number of aromatic nitrogens is 1. The van der Waals surface area contributed by atoms with Crippen LogP contribution in [0.4, 0.5) is 19.0 Å². The molecule has 3 nitrogen and oxygen atoms in total. The number of nitrogens with zero attached hydrogens (tertiary/aromatic N) is 2. The average Bonchev–Trinajstić information content (AvgIpc) is 2.83. The van der Waals surface area contributed by atoms with Gasteiger partial charge < -0.3 is 10.2 Å². The van der Waals surface area contributed by atoms with Gasteiger partial charge in [0.25, 0.3) is 0 Å². The van der Waals surface area contributed by atoms with Crippen LogP contribution in [0.5, 0.6) is 0 Å². The summed E-state index contributed by atoms with van der Waals surface area (Å²) >= 11 is 0. The normalized spacial score (nSPS) is 20.4. The minimum absolute atomic E-state index is 0. The van der Waals surface area contributed by atoms with E-state index in [1.807, 2.05) is 4.90 Å². The molecule has 2 fully saturated rings. The molecule has 0 atom stereocenters. The molecule has 3 rings (SSSR count). The lowest BCUT2D eigenvalue weighted by atomic mass is 9.78. The molecule has 126 valence electrons. The lowest BCUT2D eigenvalue weighted by Crippen LogP contribution is -2.38. The Bertz CT molecular complexity index is 490. The predicted molar refractivity (Wildman–Crippen MR) is 85.1 cm³/mol. The smallest absolute Gasteiger partial charge is 0.356 e. The molecule has 2 aliphatic rings. The number of hydrogen-bond donors (Lipinski definition) is 1. The molecule has 0 bridgehead atoms. The molecule has 0 aliphatic carbocycles. The number of hydrogen-bond acceptors (Lipinski definition) is 3. The molecule has 22 heavy (non-hydrogen) atoms. The summed E-state index contributed by atoms with van der Waals surface area (Å²) in [4.78, 5) is 6.12. The van der Waals surface area contributed by atoms with E-state index in [9.17, 15) is 13.2 Å². The van der Waals surface area contributed by atoms with Gasteiger partial charge in [0.15, 0.2) is 0 Å². The SMILES string of the molecule is Cl.Cl.FC(F)(F)c1ccnc(N2CCC3(CCNCC3)C2)c1. The van der Waals surface area contributed by atoms with Crippen LogP contribution in [0.25, 0.3) is 0 Å². The zero-order valence-corrected chi connectivity index (χ0v) is 13.7. The Labute approximate surface area is 140 Å². The summed E-state index contributed by atoms with van der Waals surface area (Å²) in [5, 5.41) is 3.34. The Hall–Kier alpha value is -0.720. The molecule has 2 aliphatic heterocycles. The fourth-order valence-electron chi connectivity index (χ4n) is 3.26. The monoisotopic (exact) mass is 357 g/mol. The van der Waals surface area contributed by atoms with Crippen LogP contribution in [0.1, 0.15) is 24.8 Å². The van der Waals surface area contributed by atoms with Gasteiger partial charge in [-0.1, -0.05) is 0 Å². The van der Waals surface area contributed by atoms with E-state index in [0.29, 0.717) is 5.82 Å². The molecule has 0 amide bonds. The van der Waals surface area contributed by atoms with Gasteiger partial charge in [0, 0.05) is 19.3 Å². The van der Waals surface area contributed by atoms with E-state index < -0.39 is 11.7 Å². The van der Waals surface area contributed by atoms with Gasteiger partial charge in [-0.2, -0.15) is 13.2 Å². The first-order valence-corrected chi connectivity index (χ1v) is 6.98. The molecule has 1 N–H and O–H groups in total. The molecular formula is C14H20Cl2F3N3. The number of halogens is 5. The van der Waals surface area contributed by atoms with E-state index >= 15 is 0 Å². The van der Waals surface area contributed by atoms with E-state index in [1.54, 1.807) is 0 Å². The number of alkyl halides is 3. The van der Waals surface area contributed by atoms with Gasteiger partial charge in [0.1, 0.15) is 5.82 Å². The van der Waals surface area contributed by atoms with Crippen molar-refractivity contribution in [2.45, 2.75) is 25.4 Å². The van der Waals surface area contributed by atoms with Crippen LogP contribution in [0, 0.1) is 5.41 Å². The Kier molecular flexibility index (Phi) is 6.36. The molecule has 1 aromatic heterocycles. The van der Waals surface area contributed by atoms with Crippen LogP contribution in [0.2, 0.25) is 0 Å². The van der Waals surface area contributed by atoms with Crippen molar-refractivity contribution >= 4 is 30.6 Å². The number of nitrogens with one attached hydrogen (secondary N) is 1. The van der Waals surface area contributed by atoms with Crippen molar-refractivity contribution in [1.82, 2.24) is 10.3 Å². The molecule has 1 aromatic rings. The summed E-state index contributed by atoms with van der Waals surface area (Å²) < 4.78 is 38.2. The van der Waals surface area contributed by atoms with Gasteiger partial charge in [-0.3, -0.25) is 0 Å².